The zero-order valence-corrected chi connectivity index (χ0v) is 19.7. The zero-order chi connectivity index (χ0) is 18.6. The highest BCUT2D eigenvalue weighted by Crippen LogP contribution is 2.25. The van der Waals surface area contributed by atoms with Gasteiger partial charge in [-0.15, -0.1) is 35.3 Å². The molecule has 0 unspecified atom stereocenters. The van der Waals surface area contributed by atoms with Gasteiger partial charge >= 0.3 is 0 Å². The number of aromatic nitrogens is 4. The van der Waals surface area contributed by atoms with Gasteiger partial charge in [-0.05, 0) is 12.8 Å². The molecule has 0 saturated carbocycles. The summed E-state index contributed by atoms with van der Waals surface area (Å²) in [5.74, 6) is 2.46. The molecule has 150 valence electrons. The Bertz CT molecular complexity index is 712. The van der Waals surface area contributed by atoms with E-state index in [9.17, 15) is 0 Å². The van der Waals surface area contributed by atoms with Gasteiger partial charge in [0.15, 0.2) is 5.96 Å². The van der Waals surface area contributed by atoms with Gasteiger partial charge in [0.05, 0.1) is 10.7 Å². The molecule has 9 heteroatoms. The summed E-state index contributed by atoms with van der Waals surface area (Å²) in [7, 11) is 1.85. The van der Waals surface area contributed by atoms with Crippen LogP contribution >= 0.6 is 35.3 Å². The zero-order valence-electron chi connectivity index (χ0n) is 16.5. The second-order valence-electron chi connectivity index (χ2n) is 7.73. The van der Waals surface area contributed by atoms with Gasteiger partial charge in [-0.3, -0.25) is 10.1 Å². The predicted molar refractivity (Wildman–Crippen MR) is 121 cm³/mol. The van der Waals surface area contributed by atoms with Crippen LogP contribution in [0.2, 0.25) is 0 Å². The number of nitrogens with zero attached hydrogens (tertiary/aromatic N) is 5. The van der Waals surface area contributed by atoms with E-state index >= 15 is 0 Å². The summed E-state index contributed by atoms with van der Waals surface area (Å²) in [5.41, 5.74) is 1.29. The van der Waals surface area contributed by atoms with Crippen molar-refractivity contribution in [2.24, 2.45) is 4.99 Å². The average molecular weight is 503 g/mol. The Hall–Kier alpha value is -1.23. The van der Waals surface area contributed by atoms with Crippen molar-refractivity contribution >= 4 is 41.3 Å². The minimum absolute atomic E-state index is 0. The van der Waals surface area contributed by atoms with Crippen molar-refractivity contribution in [2.75, 3.05) is 26.7 Å². The Balaban J connectivity index is 0.00000261. The Morgan fingerprint density at radius 2 is 2.11 bits per heavy atom. The van der Waals surface area contributed by atoms with Crippen LogP contribution < -0.4 is 5.32 Å². The van der Waals surface area contributed by atoms with E-state index in [2.05, 4.69) is 56.5 Å². The number of aliphatic imine (C=N–C) groups is 1. The smallest absolute Gasteiger partial charge is 0.193 e. The summed E-state index contributed by atoms with van der Waals surface area (Å²) in [6.45, 7) is 9.43. The molecule has 0 bridgehead atoms. The summed E-state index contributed by atoms with van der Waals surface area (Å²) >= 11 is 1.75. The molecule has 27 heavy (non-hydrogen) atoms. The van der Waals surface area contributed by atoms with Crippen molar-refractivity contribution in [3.63, 3.8) is 0 Å². The fourth-order valence-electron chi connectivity index (χ4n) is 3.16. The van der Waals surface area contributed by atoms with Crippen molar-refractivity contribution in [1.82, 2.24) is 30.4 Å². The van der Waals surface area contributed by atoms with E-state index in [1.807, 2.05) is 7.05 Å². The molecule has 7 nitrogen and oxygen atoms in total. The first-order valence-electron chi connectivity index (χ1n) is 9.23. The first-order valence-corrected chi connectivity index (χ1v) is 10.1. The number of nitrogens with one attached hydrogen (secondary N) is 2. The highest BCUT2D eigenvalue weighted by atomic mass is 127. The maximum Gasteiger partial charge on any atom is 0.193 e. The second kappa shape index (κ2) is 9.81. The number of aromatic amines is 1. The van der Waals surface area contributed by atoms with Gasteiger partial charge in [-0.2, -0.15) is 5.10 Å². The lowest BCUT2D eigenvalue weighted by Crippen LogP contribution is -2.45. The molecule has 0 amide bonds. The van der Waals surface area contributed by atoms with Gasteiger partial charge in [0.25, 0.3) is 0 Å². The molecule has 2 aromatic rings. The van der Waals surface area contributed by atoms with Crippen LogP contribution in [0.25, 0.3) is 0 Å². The van der Waals surface area contributed by atoms with E-state index in [1.165, 1.54) is 10.7 Å². The molecule has 1 aliphatic heterocycles. The van der Waals surface area contributed by atoms with E-state index in [-0.39, 0.29) is 29.4 Å². The van der Waals surface area contributed by atoms with Crippen LogP contribution in [-0.2, 0) is 11.8 Å². The number of thiazole rings is 1. The molecule has 0 aliphatic carbocycles. The third-order valence-electron chi connectivity index (χ3n) is 4.77. The summed E-state index contributed by atoms with van der Waals surface area (Å²) < 4.78 is 0. The summed E-state index contributed by atoms with van der Waals surface area (Å²) in [4.78, 5) is 15.8. The monoisotopic (exact) mass is 503 g/mol. The maximum absolute atomic E-state index is 4.76. The van der Waals surface area contributed by atoms with Crippen LogP contribution in [0.5, 0.6) is 0 Å². The van der Waals surface area contributed by atoms with Crippen molar-refractivity contribution in [3.8, 4) is 0 Å². The maximum atomic E-state index is 4.76. The van der Waals surface area contributed by atoms with Gasteiger partial charge in [-0.25, -0.2) is 9.97 Å². The van der Waals surface area contributed by atoms with E-state index in [1.54, 1.807) is 17.7 Å². The lowest BCUT2D eigenvalue weighted by atomic mass is 9.93. The Kier molecular flexibility index (Phi) is 8.02. The van der Waals surface area contributed by atoms with Crippen LogP contribution in [0.15, 0.2) is 16.7 Å². The van der Waals surface area contributed by atoms with Gasteiger partial charge in [0.1, 0.15) is 12.2 Å². The van der Waals surface area contributed by atoms with Crippen LogP contribution in [0.1, 0.15) is 56.1 Å². The number of guanidine groups is 1. The van der Waals surface area contributed by atoms with E-state index < -0.39 is 0 Å². The molecule has 0 atom stereocenters. The van der Waals surface area contributed by atoms with Crippen molar-refractivity contribution in [1.29, 1.82) is 0 Å². The number of hydrogen-bond acceptors (Lipinski definition) is 5. The molecule has 3 heterocycles. The van der Waals surface area contributed by atoms with Crippen LogP contribution in [0.3, 0.4) is 0 Å². The molecule has 2 N–H and O–H groups in total. The summed E-state index contributed by atoms with van der Waals surface area (Å²) in [6.07, 6.45) is 4.65. The fourth-order valence-corrected chi connectivity index (χ4v) is 4.18. The number of halogens is 1. The minimum Gasteiger partial charge on any atom is -0.356 e. The van der Waals surface area contributed by atoms with Crippen molar-refractivity contribution in [3.05, 3.63) is 28.2 Å². The van der Waals surface area contributed by atoms with Crippen molar-refractivity contribution in [2.45, 2.75) is 51.4 Å². The van der Waals surface area contributed by atoms with Crippen LogP contribution in [-0.4, -0.2) is 57.7 Å². The Morgan fingerprint density at radius 1 is 1.37 bits per heavy atom. The van der Waals surface area contributed by atoms with Crippen molar-refractivity contribution < 1.29 is 0 Å². The van der Waals surface area contributed by atoms with Gasteiger partial charge in [0.2, 0.25) is 0 Å². The SMILES string of the molecule is CN=C(NCCc1nc(C(C)(C)C)cs1)N1CCC(c2ncn[nH]2)CC1.I. The van der Waals surface area contributed by atoms with Crippen LogP contribution in [0.4, 0.5) is 0 Å². The molecule has 2 aromatic heterocycles. The number of hydrogen-bond donors (Lipinski definition) is 2. The first kappa shape index (κ1) is 22.1. The highest BCUT2D eigenvalue weighted by Gasteiger charge is 2.24. The minimum atomic E-state index is 0. The third kappa shape index (κ3) is 5.87. The molecule has 1 aliphatic rings. The topological polar surface area (TPSA) is 82.1 Å². The lowest BCUT2D eigenvalue weighted by Gasteiger charge is -2.33. The largest absolute Gasteiger partial charge is 0.356 e. The molecule has 0 aromatic carbocycles. The quantitative estimate of drug-likeness (QED) is 0.381. The standard InChI is InChI=1S/C18H29N7S.HI/c1-18(2,3)14-11-26-15(23-14)5-8-20-17(19-4)25-9-6-13(7-10-25)16-21-12-22-24-16;/h11-13H,5-10H2,1-4H3,(H,19,20)(H,21,22,24);1H. The van der Waals surface area contributed by atoms with E-state index in [4.69, 9.17) is 4.98 Å². The Labute approximate surface area is 182 Å². The number of H-pyrrole nitrogens is 1. The van der Waals surface area contributed by atoms with Gasteiger partial charge < -0.3 is 10.2 Å². The molecule has 0 spiro atoms. The fraction of sp³-hybridized carbons (Fsp3) is 0.667. The predicted octanol–water partition coefficient (Wildman–Crippen LogP) is 3.17. The average Bonchev–Trinajstić information content (AvgIpc) is 3.30. The van der Waals surface area contributed by atoms with Crippen LogP contribution in [0, 0.1) is 0 Å². The molecular formula is C18H30IN7S. The van der Waals surface area contributed by atoms with E-state index in [0.717, 1.165) is 50.7 Å². The first-order chi connectivity index (χ1) is 12.5. The second-order valence-corrected chi connectivity index (χ2v) is 8.68. The molecular weight excluding hydrogens is 473 g/mol. The van der Waals surface area contributed by atoms with Gasteiger partial charge in [0, 0.05) is 49.8 Å². The summed E-state index contributed by atoms with van der Waals surface area (Å²) in [5, 5.41) is 13.8. The molecule has 1 saturated heterocycles. The molecule has 0 radical (unpaired) electrons. The molecule has 1 fully saturated rings. The number of rotatable bonds is 4. The Morgan fingerprint density at radius 3 is 2.67 bits per heavy atom. The third-order valence-corrected chi connectivity index (χ3v) is 5.68. The van der Waals surface area contributed by atoms with Gasteiger partial charge in [-0.1, -0.05) is 20.8 Å². The highest BCUT2D eigenvalue weighted by molar-refractivity contribution is 14.0. The number of piperidine rings is 1. The lowest BCUT2D eigenvalue weighted by molar-refractivity contribution is 0.299. The normalized spacial score (nSPS) is 16.3. The molecule has 3 rings (SSSR count). The number of likely N-dealkylation sites (tertiary alicyclic amines) is 1. The van der Waals surface area contributed by atoms with E-state index in [0.29, 0.717) is 5.92 Å². The summed E-state index contributed by atoms with van der Waals surface area (Å²) in [6, 6.07) is 0.